The molecule has 0 heterocycles. The molecule has 0 aliphatic carbocycles. The van der Waals surface area contributed by atoms with Gasteiger partial charge in [-0.05, 0) is 0 Å². The van der Waals surface area contributed by atoms with Crippen molar-refractivity contribution in [3.63, 3.8) is 0 Å². The second-order valence-corrected chi connectivity index (χ2v) is 2.16. The van der Waals surface area contributed by atoms with Crippen molar-refractivity contribution in [3.8, 4) is 0 Å². The lowest BCUT2D eigenvalue weighted by atomic mass is 10.1. The van der Waals surface area contributed by atoms with E-state index in [-0.39, 0.29) is 0 Å². The van der Waals surface area contributed by atoms with Crippen LogP contribution < -0.4 is 5.48 Å². The number of carboxylic acids is 2. The highest BCUT2D eigenvalue weighted by Gasteiger charge is 2.27. The smallest absolute Gasteiger partial charge is 0.318 e. The second-order valence-electron chi connectivity index (χ2n) is 2.16. The van der Waals surface area contributed by atoms with Crippen molar-refractivity contribution >= 4 is 17.8 Å². The normalized spacial score (nSPS) is 9.69. The standard InChI is InChI=1S/C6H10N2O5/c1-8-13-4(7)2-3(5(9)10)6(11)12/h3,7-8H,2H2,1H3,(H,9,10)(H,11,12). The summed E-state index contributed by atoms with van der Waals surface area (Å²) in [5.41, 5.74) is 2.14. The summed E-state index contributed by atoms with van der Waals surface area (Å²) in [5.74, 6) is -5.05. The predicted molar refractivity (Wildman–Crippen MR) is 41.2 cm³/mol. The number of nitrogens with one attached hydrogen (secondary N) is 2. The minimum Gasteiger partial charge on any atom is -0.481 e. The molecule has 74 valence electrons. The van der Waals surface area contributed by atoms with Crippen molar-refractivity contribution in [3.05, 3.63) is 0 Å². The Morgan fingerprint density at radius 2 is 1.92 bits per heavy atom. The number of hydrogen-bond acceptors (Lipinski definition) is 5. The average Bonchev–Trinajstić information content (AvgIpc) is 1.99. The summed E-state index contributed by atoms with van der Waals surface area (Å²) in [4.78, 5) is 25.0. The summed E-state index contributed by atoms with van der Waals surface area (Å²) in [6, 6.07) is 0. The third kappa shape index (κ3) is 4.06. The molecule has 0 aromatic rings. The van der Waals surface area contributed by atoms with E-state index in [9.17, 15) is 9.59 Å². The Morgan fingerprint density at radius 1 is 1.46 bits per heavy atom. The van der Waals surface area contributed by atoms with Gasteiger partial charge in [0.05, 0.1) is 0 Å². The van der Waals surface area contributed by atoms with Gasteiger partial charge in [-0.1, -0.05) is 0 Å². The van der Waals surface area contributed by atoms with Crippen molar-refractivity contribution in [1.82, 2.24) is 5.48 Å². The minimum absolute atomic E-state index is 0.433. The van der Waals surface area contributed by atoms with Crippen LogP contribution in [-0.4, -0.2) is 35.1 Å². The van der Waals surface area contributed by atoms with Crippen LogP contribution >= 0.6 is 0 Å². The zero-order valence-corrected chi connectivity index (χ0v) is 6.90. The van der Waals surface area contributed by atoms with Crippen molar-refractivity contribution in [2.24, 2.45) is 5.92 Å². The molecule has 0 aromatic carbocycles. The van der Waals surface area contributed by atoms with Crippen molar-refractivity contribution in [1.29, 1.82) is 5.41 Å². The monoisotopic (exact) mass is 190 g/mol. The number of hydrogen-bond donors (Lipinski definition) is 4. The highest BCUT2D eigenvalue weighted by molar-refractivity contribution is 5.96. The lowest BCUT2D eigenvalue weighted by molar-refractivity contribution is -0.154. The number of rotatable bonds is 5. The Morgan fingerprint density at radius 3 is 2.23 bits per heavy atom. The zero-order chi connectivity index (χ0) is 10.4. The van der Waals surface area contributed by atoms with Gasteiger partial charge in [-0.25, -0.2) is 0 Å². The van der Waals surface area contributed by atoms with Crippen LogP contribution in [0.2, 0.25) is 0 Å². The third-order valence-electron chi connectivity index (χ3n) is 1.21. The number of hydroxylamine groups is 1. The van der Waals surface area contributed by atoms with E-state index in [1.54, 1.807) is 0 Å². The summed E-state index contributed by atoms with van der Waals surface area (Å²) in [6.45, 7) is 0. The first-order valence-corrected chi connectivity index (χ1v) is 3.35. The van der Waals surface area contributed by atoms with Crippen LogP contribution in [0.1, 0.15) is 6.42 Å². The van der Waals surface area contributed by atoms with Gasteiger partial charge in [-0.3, -0.25) is 15.0 Å². The van der Waals surface area contributed by atoms with Crippen LogP contribution in [0.3, 0.4) is 0 Å². The van der Waals surface area contributed by atoms with Crippen LogP contribution in [0.5, 0.6) is 0 Å². The lowest BCUT2D eigenvalue weighted by Crippen LogP contribution is -2.28. The van der Waals surface area contributed by atoms with E-state index in [0.29, 0.717) is 0 Å². The molecular formula is C6H10N2O5. The highest BCUT2D eigenvalue weighted by atomic mass is 16.6. The summed E-state index contributed by atoms with van der Waals surface area (Å²) >= 11 is 0. The van der Waals surface area contributed by atoms with Gasteiger partial charge >= 0.3 is 11.9 Å². The van der Waals surface area contributed by atoms with E-state index in [4.69, 9.17) is 15.6 Å². The summed E-state index contributed by atoms with van der Waals surface area (Å²) in [5, 5.41) is 23.8. The highest BCUT2D eigenvalue weighted by Crippen LogP contribution is 2.04. The van der Waals surface area contributed by atoms with E-state index in [0.717, 1.165) is 0 Å². The Balaban J connectivity index is 4.19. The van der Waals surface area contributed by atoms with E-state index >= 15 is 0 Å². The molecule has 0 aliphatic rings. The first-order valence-electron chi connectivity index (χ1n) is 3.35. The maximum atomic E-state index is 10.3. The molecule has 0 fully saturated rings. The molecule has 0 aliphatic heterocycles. The fraction of sp³-hybridized carbons (Fsp3) is 0.500. The molecule has 0 radical (unpaired) electrons. The van der Waals surface area contributed by atoms with Gasteiger partial charge in [0, 0.05) is 13.5 Å². The van der Waals surface area contributed by atoms with Crippen LogP contribution in [0.4, 0.5) is 0 Å². The molecule has 0 spiro atoms. The molecule has 0 atom stereocenters. The average molecular weight is 190 g/mol. The molecule has 0 amide bonds. The van der Waals surface area contributed by atoms with E-state index in [1.165, 1.54) is 7.05 Å². The van der Waals surface area contributed by atoms with Crippen LogP contribution in [-0.2, 0) is 14.4 Å². The summed E-state index contributed by atoms with van der Waals surface area (Å²) in [7, 11) is 1.38. The first kappa shape index (κ1) is 11.4. The van der Waals surface area contributed by atoms with Crippen LogP contribution in [0.25, 0.3) is 0 Å². The number of aliphatic carboxylic acids is 2. The molecule has 7 nitrogen and oxygen atoms in total. The molecule has 13 heavy (non-hydrogen) atoms. The van der Waals surface area contributed by atoms with E-state index in [1.807, 2.05) is 0 Å². The van der Waals surface area contributed by atoms with Gasteiger partial charge in [0.1, 0.15) is 0 Å². The molecule has 0 rings (SSSR count). The fourth-order valence-corrected chi connectivity index (χ4v) is 0.631. The van der Waals surface area contributed by atoms with Gasteiger partial charge in [0.25, 0.3) is 0 Å². The maximum absolute atomic E-state index is 10.3. The Hall–Kier alpha value is -1.63. The fourth-order valence-electron chi connectivity index (χ4n) is 0.631. The van der Waals surface area contributed by atoms with Crippen LogP contribution in [0.15, 0.2) is 0 Å². The molecule has 0 saturated heterocycles. The second kappa shape index (κ2) is 5.09. The summed E-state index contributed by atoms with van der Waals surface area (Å²) < 4.78 is 0. The first-order chi connectivity index (χ1) is 5.99. The topological polar surface area (TPSA) is 120 Å². The molecule has 0 bridgehead atoms. The minimum atomic E-state index is -1.64. The van der Waals surface area contributed by atoms with E-state index < -0.39 is 30.2 Å². The van der Waals surface area contributed by atoms with Gasteiger partial charge in [0.2, 0.25) is 5.90 Å². The molecule has 0 unspecified atom stereocenters. The predicted octanol–water partition coefficient (Wildman–Crippen LogP) is -0.710. The molecular weight excluding hydrogens is 180 g/mol. The molecule has 0 saturated carbocycles. The van der Waals surface area contributed by atoms with Gasteiger partial charge in [-0.15, -0.1) is 0 Å². The Kier molecular flexibility index (Phi) is 4.45. The molecule has 4 N–H and O–H groups in total. The van der Waals surface area contributed by atoms with Crippen molar-refractivity contribution in [2.45, 2.75) is 6.42 Å². The maximum Gasteiger partial charge on any atom is 0.318 e. The van der Waals surface area contributed by atoms with Crippen LogP contribution in [0, 0.1) is 11.3 Å². The summed E-state index contributed by atoms with van der Waals surface area (Å²) in [6.07, 6.45) is -0.481. The largest absolute Gasteiger partial charge is 0.481 e. The number of carboxylic acid groups (broad SMARTS) is 2. The molecule has 0 aromatic heterocycles. The SMILES string of the molecule is CNOC(=N)CC(C(=O)O)C(=O)O. The lowest BCUT2D eigenvalue weighted by Gasteiger charge is -2.07. The third-order valence-corrected chi connectivity index (χ3v) is 1.21. The van der Waals surface area contributed by atoms with Crippen molar-refractivity contribution in [2.75, 3.05) is 7.05 Å². The van der Waals surface area contributed by atoms with E-state index in [2.05, 4.69) is 10.3 Å². The Bertz CT molecular complexity index is 213. The quantitative estimate of drug-likeness (QED) is 0.197. The molecule has 7 heteroatoms. The number of carbonyl (C=O) groups is 2. The van der Waals surface area contributed by atoms with Gasteiger partial charge in [-0.2, -0.15) is 5.48 Å². The zero-order valence-electron chi connectivity index (χ0n) is 6.90. The van der Waals surface area contributed by atoms with Gasteiger partial charge < -0.3 is 15.1 Å². The van der Waals surface area contributed by atoms with Crippen molar-refractivity contribution < 1.29 is 24.6 Å². The van der Waals surface area contributed by atoms with Gasteiger partial charge in [0.15, 0.2) is 5.92 Å². The Labute approximate surface area is 73.8 Å².